The van der Waals surface area contributed by atoms with Gasteiger partial charge in [-0.2, -0.15) is 5.10 Å². The fourth-order valence-corrected chi connectivity index (χ4v) is 5.44. The number of methoxy groups -OCH3 is 2. The van der Waals surface area contributed by atoms with Crippen molar-refractivity contribution >= 4 is 63.0 Å². The third-order valence-corrected chi connectivity index (χ3v) is 7.16. The number of fused-ring (bicyclic) bond motifs is 3. The van der Waals surface area contributed by atoms with Crippen molar-refractivity contribution in [1.29, 1.82) is 0 Å². The molecule has 0 bridgehead atoms. The number of hydrogen-bond acceptors (Lipinski definition) is 10. The number of benzene rings is 1. The van der Waals surface area contributed by atoms with Crippen molar-refractivity contribution in [2.24, 2.45) is 10.1 Å². The highest BCUT2D eigenvalue weighted by molar-refractivity contribution is 8.14. The van der Waals surface area contributed by atoms with E-state index in [1.165, 1.54) is 26.0 Å². The number of hydrogen-bond donors (Lipinski definition) is 1. The van der Waals surface area contributed by atoms with Gasteiger partial charge in [-0.15, -0.1) is 11.3 Å². The van der Waals surface area contributed by atoms with E-state index in [0.717, 1.165) is 29.0 Å². The number of nitrogens with zero attached hydrogens (tertiary/aromatic N) is 3. The molecule has 1 N–H and O–H groups in total. The minimum Gasteiger partial charge on any atom is -0.465 e. The van der Waals surface area contributed by atoms with E-state index in [9.17, 15) is 14.4 Å². The summed E-state index contributed by atoms with van der Waals surface area (Å²) in [6.45, 7) is 1.61. The van der Waals surface area contributed by atoms with Crippen molar-refractivity contribution < 1.29 is 23.9 Å². The molecule has 2 aliphatic heterocycles. The number of anilines is 1. The number of esters is 2. The Morgan fingerprint density at radius 3 is 2.72 bits per heavy atom. The zero-order valence-electron chi connectivity index (χ0n) is 17.6. The first kappa shape index (κ1) is 22.0. The van der Waals surface area contributed by atoms with Gasteiger partial charge in [-0.25, -0.2) is 19.6 Å². The molecule has 1 amide bonds. The van der Waals surface area contributed by atoms with Crippen molar-refractivity contribution in [3.63, 3.8) is 0 Å². The largest absolute Gasteiger partial charge is 0.465 e. The van der Waals surface area contributed by atoms with Crippen LogP contribution in [-0.2, 0) is 14.3 Å². The average molecular weight is 473 g/mol. The summed E-state index contributed by atoms with van der Waals surface area (Å²) in [6.07, 6.45) is 2.62. The third-order valence-electron chi connectivity index (χ3n) is 5.03. The van der Waals surface area contributed by atoms with Crippen LogP contribution in [0.3, 0.4) is 0 Å². The topological polar surface area (TPSA) is 110 Å². The van der Waals surface area contributed by atoms with E-state index >= 15 is 0 Å². The fourth-order valence-electron chi connectivity index (χ4n) is 3.51. The zero-order chi connectivity index (χ0) is 22.8. The molecule has 11 heteroatoms. The van der Waals surface area contributed by atoms with Gasteiger partial charge < -0.3 is 14.8 Å². The second-order valence-corrected chi connectivity index (χ2v) is 8.89. The number of carbonyl (C=O) groups excluding carboxylic acids is 3. The van der Waals surface area contributed by atoms with Crippen LogP contribution in [-0.4, -0.2) is 54.2 Å². The van der Waals surface area contributed by atoms with Gasteiger partial charge in [0.2, 0.25) is 5.91 Å². The summed E-state index contributed by atoms with van der Waals surface area (Å²) in [6, 6.07) is 7.95. The third kappa shape index (κ3) is 4.00. The monoisotopic (exact) mass is 472 g/mol. The minimum absolute atomic E-state index is 0.0465. The van der Waals surface area contributed by atoms with Gasteiger partial charge in [0, 0.05) is 18.2 Å². The van der Waals surface area contributed by atoms with Crippen LogP contribution < -0.4 is 5.32 Å². The lowest BCUT2D eigenvalue weighted by molar-refractivity contribution is -0.113. The van der Waals surface area contributed by atoms with E-state index in [2.05, 4.69) is 15.4 Å². The molecule has 1 aromatic heterocycles. The molecule has 0 aliphatic carbocycles. The molecular weight excluding hydrogens is 452 g/mol. The first-order valence-electron chi connectivity index (χ1n) is 9.66. The predicted octanol–water partition coefficient (Wildman–Crippen LogP) is 3.74. The molecule has 9 nitrogen and oxygen atoms in total. The summed E-state index contributed by atoms with van der Waals surface area (Å²) in [4.78, 5) is 41.9. The van der Waals surface area contributed by atoms with Gasteiger partial charge in [-0.3, -0.25) is 4.79 Å². The number of para-hydroxylation sites is 1. The molecule has 2 aliphatic rings. The van der Waals surface area contributed by atoms with Crippen LogP contribution in [0.1, 0.15) is 43.6 Å². The summed E-state index contributed by atoms with van der Waals surface area (Å²) in [5.74, 6) is -1.52. The maximum atomic E-state index is 12.7. The Labute approximate surface area is 192 Å². The molecule has 0 fully saturated rings. The van der Waals surface area contributed by atoms with Crippen LogP contribution in [0.2, 0.25) is 0 Å². The van der Waals surface area contributed by atoms with Crippen molar-refractivity contribution in [3.8, 4) is 0 Å². The summed E-state index contributed by atoms with van der Waals surface area (Å²) >= 11 is 2.23. The Kier molecular flexibility index (Phi) is 6.28. The smallest absolute Gasteiger partial charge is 0.348 e. The maximum Gasteiger partial charge on any atom is 0.348 e. The normalized spacial score (nSPS) is 16.2. The Balaban J connectivity index is 1.51. The average Bonchev–Trinajstić information content (AvgIpc) is 3.42. The molecule has 0 spiro atoms. The fraction of sp³-hybridized carbons (Fsp3) is 0.286. The quantitative estimate of drug-likeness (QED) is 0.660. The van der Waals surface area contributed by atoms with Gasteiger partial charge in [0.25, 0.3) is 0 Å². The maximum absolute atomic E-state index is 12.7. The summed E-state index contributed by atoms with van der Waals surface area (Å²) < 4.78 is 9.59. The number of thioether (sulfide) groups is 1. The molecule has 3 heterocycles. The molecule has 1 aromatic carbocycles. The van der Waals surface area contributed by atoms with Crippen molar-refractivity contribution in [1.82, 2.24) is 5.01 Å². The molecule has 0 saturated heterocycles. The molecule has 4 rings (SSSR count). The lowest BCUT2D eigenvalue weighted by Crippen LogP contribution is -2.29. The highest BCUT2D eigenvalue weighted by Gasteiger charge is 2.33. The van der Waals surface area contributed by atoms with E-state index in [4.69, 9.17) is 9.47 Å². The van der Waals surface area contributed by atoms with Crippen molar-refractivity contribution in [3.05, 3.63) is 45.8 Å². The molecule has 2 aromatic rings. The van der Waals surface area contributed by atoms with Crippen LogP contribution in [0.25, 0.3) is 0 Å². The van der Waals surface area contributed by atoms with Gasteiger partial charge in [-0.05, 0) is 18.6 Å². The first-order valence-corrected chi connectivity index (χ1v) is 11.5. The van der Waals surface area contributed by atoms with Crippen LogP contribution in [0.15, 0.2) is 34.4 Å². The van der Waals surface area contributed by atoms with E-state index in [0.29, 0.717) is 10.7 Å². The van der Waals surface area contributed by atoms with Crippen molar-refractivity contribution in [2.45, 2.75) is 19.4 Å². The number of carbonyl (C=O) groups is 3. The van der Waals surface area contributed by atoms with Crippen LogP contribution >= 0.6 is 23.1 Å². The summed E-state index contributed by atoms with van der Waals surface area (Å²) in [5.41, 5.74) is 2.52. The molecule has 166 valence electrons. The van der Waals surface area contributed by atoms with Gasteiger partial charge >= 0.3 is 11.9 Å². The first-order chi connectivity index (χ1) is 15.4. The Morgan fingerprint density at radius 1 is 1.22 bits per heavy atom. The lowest BCUT2D eigenvalue weighted by atomic mass is 10.0. The highest BCUT2D eigenvalue weighted by Crippen LogP contribution is 2.41. The predicted molar refractivity (Wildman–Crippen MR) is 124 cm³/mol. The Bertz CT molecular complexity index is 1160. The molecule has 0 radical (unpaired) electrons. The number of amidine groups is 1. The van der Waals surface area contributed by atoms with Crippen LogP contribution in [0.4, 0.5) is 10.7 Å². The summed E-state index contributed by atoms with van der Waals surface area (Å²) in [5, 5.41) is 9.83. The molecule has 32 heavy (non-hydrogen) atoms. The number of hydrazone groups is 1. The zero-order valence-corrected chi connectivity index (χ0v) is 19.2. The Morgan fingerprint density at radius 2 is 1.97 bits per heavy atom. The number of aliphatic imine (C=N–C) groups is 1. The Hall–Kier alpha value is -3.18. The second-order valence-electron chi connectivity index (χ2n) is 6.93. The minimum atomic E-state index is -0.639. The molecule has 0 unspecified atom stereocenters. The van der Waals surface area contributed by atoms with Crippen molar-refractivity contribution in [2.75, 3.05) is 25.3 Å². The molecule has 1 atom stereocenters. The van der Waals surface area contributed by atoms with Gasteiger partial charge in [0.15, 0.2) is 5.17 Å². The van der Waals surface area contributed by atoms with Crippen LogP contribution in [0.5, 0.6) is 0 Å². The molecule has 0 saturated carbocycles. The van der Waals surface area contributed by atoms with E-state index < -0.39 is 11.9 Å². The number of rotatable bonds is 5. The number of thiophene rings is 1. The molecular formula is C21H20N4O5S2. The standard InChI is InChI=1S/C21H20N4O5S2/c1-11-16(19(27)29-2)18(32-17(11)20(28)30-3)24-15(26)10-31-21-23-13-7-5-4-6-12(13)14-8-9-22-25(14)21/h4-7,9,14H,8,10H2,1-3H3,(H,24,26)/t14-/m0/s1. The lowest BCUT2D eigenvalue weighted by Gasteiger charge is -2.29. The number of amides is 1. The summed E-state index contributed by atoms with van der Waals surface area (Å²) in [7, 11) is 2.50. The van der Waals surface area contributed by atoms with E-state index in [1.807, 2.05) is 35.5 Å². The number of nitrogens with one attached hydrogen (secondary N) is 1. The highest BCUT2D eigenvalue weighted by atomic mass is 32.2. The number of ether oxygens (including phenoxy) is 2. The second kappa shape index (κ2) is 9.13. The van der Waals surface area contributed by atoms with Gasteiger partial charge in [0.05, 0.1) is 37.3 Å². The SMILES string of the molecule is COC(=O)c1sc(NC(=O)CSC2=Nc3ccccc3[C@@H]3CC=NN23)c(C(=O)OC)c1C. The van der Waals surface area contributed by atoms with E-state index in [1.54, 1.807) is 6.92 Å². The van der Waals surface area contributed by atoms with E-state index in [-0.39, 0.29) is 33.1 Å². The van der Waals surface area contributed by atoms with Crippen LogP contribution in [0, 0.1) is 6.92 Å². The van der Waals surface area contributed by atoms with Gasteiger partial charge in [-0.1, -0.05) is 30.0 Å². The van der Waals surface area contributed by atoms with Gasteiger partial charge in [0.1, 0.15) is 9.88 Å².